The summed E-state index contributed by atoms with van der Waals surface area (Å²) in [5, 5.41) is 3.55. The predicted octanol–water partition coefficient (Wildman–Crippen LogP) is 4.41. The summed E-state index contributed by atoms with van der Waals surface area (Å²) in [4.78, 5) is 0. The Kier molecular flexibility index (Phi) is 3.01. The zero-order valence-corrected chi connectivity index (χ0v) is 11.9. The summed E-state index contributed by atoms with van der Waals surface area (Å²) < 4.78 is 0. The van der Waals surface area contributed by atoms with Crippen LogP contribution in [-0.2, 0) is 12.8 Å². The number of aryl methyl sites for hydroxylation is 1. The van der Waals surface area contributed by atoms with Crippen molar-refractivity contribution >= 4 is 5.69 Å². The largest absolute Gasteiger partial charge is 0.385 e. The second kappa shape index (κ2) is 5.00. The Hall–Kier alpha value is -1.72. The highest BCUT2D eigenvalue weighted by Gasteiger charge is 2.21. The van der Waals surface area contributed by atoms with Crippen molar-refractivity contribution in [3.05, 3.63) is 58.4 Å². The van der Waals surface area contributed by atoms with E-state index in [-0.39, 0.29) is 0 Å². The van der Waals surface area contributed by atoms with Crippen LogP contribution in [0.4, 0.5) is 5.69 Å². The molecule has 0 radical (unpaired) electrons. The predicted molar refractivity (Wildman–Crippen MR) is 84.0 cm³/mol. The number of nitrogens with one attached hydrogen (secondary N) is 1. The van der Waals surface area contributed by atoms with E-state index in [2.05, 4.69) is 41.4 Å². The molecule has 2 aliphatic carbocycles. The van der Waals surface area contributed by atoms with Crippen molar-refractivity contribution in [2.45, 2.75) is 38.5 Å². The topological polar surface area (TPSA) is 12.0 Å². The van der Waals surface area contributed by atoms with E-state index >= 15 is 0 Å². The molecule has 1 atom stereocenters. The van der Waals surface area contributed by atoms with Gasteiger partial charge in [0.1, 0.15) is 0 Å². The Morgan fingerprint density at radius 1 is 1.15 bits per heavy atom. The van der Waals surface area contributed by atoms with Gasteiger partial charge in [0.2, 0.25) is 0 Å². The molecule has 1 heterocycles. The monoisotopic (exact) mass is 263 g/mol. The molecule has 0 bridgehead atoms. The van der Waals surface area contributed by atoms with Gasteiger partial charge in [-0.2, -0.15) is 0 Å². The average Bonchev–Trinajstić information content (AvgIpc) is 2.95. The molecule has 0 saturated carbocycles. The molecule has 1 heteroatoms. The summed E-state index contributed by atoms with van der Waals surface area (Å²) in [6.45, 7) is 1.13. The van der Waals surface area contributed by atoms with Gasteiger partial charge in [0.05, 0.1) is 0 Å². The molecule has 0 amide bonds. The van der Waals surface area contributed by atoms with Crippen molar-refractivity contribution in [3.8, 4) is 0 Å². The van der Waals surface area contributed by atoms with E-state index in [0.29, 0.717) is 0 Å². The van der Waals surface area contributed by atoms with Gasteiger partial charge in [-0.1, -0.05) is 12.1 Å². The summed E-state index contributed by atoms with van der Waals surface area (Å²) in [6.07, 6.45) is 11.9. The minimum Gasteiger partial charge on any atom is -0.385 e. The summed E-state index contributed by atoms with van der Waals surface area (Å²) >= 11 is 0. The zero-order chi connectivity index (χ0) is 13.4. The van der Waals surface area contributed by atoms with Crippen LogP contribution in [-0.4, -0.2) is 6.54 Å². The molecule has 0 saturated heterocycles. The lowest BCUT2D eigenvalue weighted by Gasteiger charge is -2.24. The number of fused-ring (bicyclic) bond motifs is 1. The van der Waals surface area contributed by atoms with E-state index in [1.165, 1.54) is 66.5 Å². The van der Waals surface area contributed by atoms with E-state index in [1.54, 1.807) is 0 Å². The molecule has 20 heavy (non-hydrogen) atoms. The fourth-order valence-electron chi connectivity index (χ4n) is 3.77. The quantitative estimate of drug-likeness (QED) is 0.779. The SMILES string of the molecule is C1=CC2=C(C=1)CC(Cc1ccc3c(c1)NCCC3)CC2. The Morgan fingerprint density at radius 3 is 3.10 bits per heavy atom. The normalized spacial score (nSPS) is 23.5. The molecule has 0 spiro atoms. The summed E-state index contributed by atoms with van der Waals surface area (Å²) in [6, 6.07) is 7.07. The second-order valence-corrected chi connectivity index (χ2v) is 6.34. The maximum atomic E-state index is 3.55. The molecule has 1 aromatic rings. The minimum atomic E-state index is 0.806. The van der Waals surface area contributed by atoms with Gasteiger partial charge in [-0.3, -0.25) is 0 Å². The minimum absolute atomic E-state index is 0.806. The van der Waals surface area contributed by atoms with Crippen LogP contribution >= 0.6 is 0 Å². The van der Waals surface area contributed by atoms with Crippen LogP contribution in [0.5, 0.6) is 0 Å². The van der Waals surface area contributed by atoms with Crippen molar-refractivity contribution < 1.29 is 0 Å². The molecule has 0 aromatic heterocycles. The van der Waals surface area contributed by atoms with E-state index in [4.69, 9.17) is 0 Å². The Labute approximate surface area is 121 Å². The van der Waals surface area contributed by atoms with Crippen molar-refractivity contribution in [2.75, 3.05) is 11.9 Å². The molecule has 1 unspecified atom stereocenters. The van der Waals surface area contributed by atoms with Crippen LogP contribution in [0.25, 0.3) is 0 Å². The molecule has 1 aliphatic heterocycles. The third kappa shape index (κ3) is 2.23. The molecule has 0 fully saturated rings. The van der Waals surface area contributed by atoms with Gasteiger partial charge in [0.25, 0.3) is 0 Å². The van der Waals surface area contributed by atoms with Crippen molar-refractivity contribution in [2.24, 2.45) is 5.92 Å². The third-order valence-electron chi connectivity index (χ3n) is 4.90. The summed E-state index contributed by atoms with van der Waals surface area (Å²) in [5.41, 5.74) is 10.7. The molecular formula is C19H21N. The fraction of sp³-hybridized carbons (Fsp3) is 0.421. The third-order valence-corrected chi connectivity index (χ3v) is 4.90. The van der Waals surface area contributed by atoms with Gasteiger partial charge in [0, 0.05) is 12.2 Å². The van der Waals surface area contributed by atoms with E-state index < -0.39 is 0 Å². The lowest BCUT2D eigenvalue weighted by Crippen LogP contribution is -2.14. The first-order valence-electron chi connectivity index (χ1n) is 7.89. The fourth-order valence-corrected chi connectivity index (χ4v) is 3.77. The van der Waals surface area contributed by atoms with Gasteiger partial charge in [0.15, 0.2) is 0 Å². The number of rotatable bonds is 2. The summed E-state index contributed by atoms with van der Waals surface area (Å²) in [7, 11) is 0. The highest BCUT2D eigenvalue weighted by Crippen LogP contribution is 2.35. The molecule has 1 N–H and O–H groups in total. The van der Waals surface area contributed by atoms with Gasteiger partial charge < -0.3 is 5.32 Å². The first-order valence-corrected chi connectivity index (χ1v) is 7.89. The molecule has 1 aromatic carbocycles. The maximum absolute atomic E-state index is 3.55. The van der Waals surface area contributed by atoms with E-state index in [0.717, 1.165) is 12.5 Å². The number of hydrogen-bond acceptors (Lipinski definition) is 1. The van der Waals surface area contributed by atoms with Gasteiger partial charge in [-0.25, -0.2) is 0 Å². The second-order valence-electron chi connectivity index (χ2n) is 6.34. The smallest absolute Gasteiger partial charge is 0.0375 e. The zero-order valence-electron chi connectivity index (χ0n) is 11.9. The number of anilines is 1. The summed E-state index contributed by atoms with van der Waals surface area (Å²) in [5.74, 6) is 0.806. The highest BCUT2D eigenvalue weighted by molar-refractivity contribution is 5.55. The van der Waals surface area contributed by atoms with Gasteiger partial charge >= 0.3 is 0 Å². The lowest BCUT2D eigenvalue weighted by molar-refractivity contribution is 0.462. The molecule has 4 rings (SSSR count). The van der Waals surface area contributed by atoms with Crippen LogP contribution in [0, 0.1) is 5.92 Å². The first kappa shape index (κ1) is 12.1. The van der Waals surface area contributed by atoms with Crippen LogP contribution in [0.15, 0.2) is 47.2 Å². The Bertz CT molecular complexity index is 629. The lowest BCUT2D eigenvalue weighted by atomic mass is 9.81. The molecule has 3 aliphatic rings. The first-order chi connectivity index (χ1) is 9.88. The van der Waals surface area contributed by atoms with Crippen molar-refractivity contribution in [1.29, 1.82) is 0 Å². The Morgan fingerprint density at radius 2 is 2.10 bits per heavy atom. The van der Waals surface area contributed by atoms with E-state index in [1.807, 2.05) is 0 Å². The Balaban J connectivity index is 1.48. The number of hydrogen-bond donors (Lipinski definition) is 1. The van der Waals surface area contributed by atoms with Crippen LogP contribution < -0.4 is 5.32 Å². The van der Waals surface area contributed by atoms with Crippen molar-refractivity contribution in [1.82, 2.24) is 0 Å². The average molecular weight is 263 g/mol. The van der Waals surface area contributed by atoms with Crippen molar-refractivity contribution in [3.63, 3.8) is 0 Å². The molecule has 1 nitrogen and oxygen atoms in total. The molecule has 102 valence electrons. The molecular weight excluding hydrogens is 242 g/mol. The van der Waals surface area contributed by atoms with Crippen LogP contribution in [0.1, 0.15) is 36.8 Å². The van der Waals surface area contributed by atoms with Gasteiger partial charge in [-0.05, 0) is 84.9 Å². The maximum Gasteiger partial charge on any atom is 0.0375 e. The highest BCUT2D eigenvalue weighted by atomic mass is 14.9. The standard InChI is InChI=1S/C19H21N/c1-3-16-8-6-14(12-18(16)4-1)11-15-7-9-17-5-2-10-20-19(17)13-15/h3-4,7,9,13-14,20H,2,5-6,8,10-12H2. The number of benzene rings is 1. The van der Waals surface area contributed by atoms with Crippen LogP contribution in [0.2, 0.25) is 0 Å². The number of allylic oxidation sites excluding steroid dienone is 3. The van der Waals surface area contributed by atoms with E-state index in [9.17, 15) is 0 Å². The van der Waals surface area contributed by atoms with Gasteiger partial charge in [-0.15, -0.1) is 5.73 Å². The van der Waals surface area contributed by atoms with Crippen LogP contribution in [0.3, 0.4) is 0 Å².